The average Bonchev–Trinajstić information content (AvgIpc) is 3.02. The summed E-state index contributed by atoms with van der Waals surface area (Å²) in [6, 6.07) is 7.50. The molecular weight excluding hydrogens is 270 g/mol. The van der Waals surface area contributed by atoms with Crippen molar-refractivity contribution in [2.45, 2.75) is 19.3 Å². The summed E-state index contributed by atoms with van der Waals surface area (Å²) >= 11 is 0. The van der Waals surface area contributed by atoms with Crippen LogP contribution in [0.3, 0.4) is 0 Å². The third-order valence-corrected chi connectivity index (χ3v) is 3.62. The zero-order chi connectivity index (χ0) is 14.8. The highest BCUT2D eigenvalue weighted by molar-refractivity contribution is 5.90. The van der Waals surface area contributed by atoms with Crippen LogP contribution in [0.25, 0.3) is 11.5 Å². The van der Waals surface area contributed by atoms with Gasteiger partial charge >= 0.3 is 5.97 Å². The second-order valence-electron chi connectivity index (χ2n) is 4.79. The lowest BCUT2D eigenvalue weighted by atomic mass is 9.89. The molecule has 1 aromatic carbocycles. The van der Waals surface area contributed by atoms with Crippen LogP contribution in [0, 0.1) is 0 Å². The predicted molar refractivity (Wildman–Crippen MR) is 75.6 cm³/mol. The molecule has 21 heavy (non-hydrogen) atoms. The molecule has 2 aromatic rings. The van der Waals surface area contributed by atoms with Crippen LogP contribution in [0.1, 0.15) is 24.8 Å². The number of nitrogens with zero attached hydrogens (tertiary/aromatic N) is 1. The lowest BCUT2D eigenvalue weighted by Crippen LogP contribution is -2.25. The van der Waals surface area contributed by atoms with Crippen LogP contribution in [0.2, 0.25) is 0 Å². The number of rotatable bonds is 3. The molecule has 1 N–H and O–H groups in total. The summed E-state index contributed by atoms with van der Waals surface area (Å²) in [6.45, 7) is 1.93. The van der Waals surface area contributed by atoms with Gasteiger partial charge in [0.1, 0.15) is 18.6 Å². The van der Waals surface area contributed by atoms with Crippen LogP contribution in [0.15, 0.2) is 52.5 Å². The van der Waals surface area contributed by atoms with Gasteiger partial charge in [-0.2, -0.15) is 0 Å². The van der Waals surface area contributed by atoms with E-state index in [0.29, 0.717) is 17.9 Å². The number of ether oxygens (including phenoxy) is 1. The van der Waals surface area contributed by atoms with E-state index < -0.39 is 5.97 Å². The van der Waals surface area contributed by atoms with E-state index >= 15 is 0 Å². The number of aliphatic hydroxyl groups is 1. The standard InChI is InChI=1S/C16H15NO4/c1-2-10-14(18)13(9-21-16(10)19)11-5-3-4-6-12(11)15-17-7-8-20-15/h3-8,13,18H,2,9H2,1H3. The summed E-state index contributed by atoms with van der Waals surface area (Å²) < 4.78 is 10.5. The Morgan fingerprint density at radius 1 is 1.38 bits per heavy atom. The Labute approximate surface area is 121 Å². The van der Waals surface area contributed by atoms with Crippen molar-refractivity contribution >= 4 is 5.97 Å². The lowest BCUT2D eigenvalue weighted by molar-refractivity contribution is -0.141. The molecule has 0 saturated carbocycles. The van der Waals surface area contributed by atoms with Crippen LogP contribution in [0.4, 0.5) is 0 Å². The maximum Gasteiger partial charge on any atom is 0.337 e. The van der Waals surface area contributed by atoms with Crippen molar-refractivity contribution in [1.82, 2.24) is 4.98 Å². The molecule has 108 valence electrons. The minimum Gasteiger partial charge on any atom is -0.511 e. The molecule has 2 heterocycles. The van der Waals surface area contributed by atoms with Crippen LogP contribution in [0.5, 0.6) is 0 Å². The van der Waals surface area contributed by atoms with Gasteiger partial charge in [0, 0.05) is 5.56 Å². The number of carbonyl (C=O) groups excluding carboxylic acids is 1. The summed E-state index contributed by atoms with van der Waals surface area (Å²) in [5, 5.41) is 10.4. The zero-order valence-electron chi connectivity index (χ0n) is 11.6. The topological polar surface area (TPSA) is 72.6 Å². The SMILES string of the molecule is CCC1=C(O)C(c2ccccc2-c2ncco2)COC1=O. The summed E-state index contributed by atoms with van der Waals surface area (Å²) in [5.41, 5.74) is 1.94. The van der Waals surface area contributed by atoms with Crippen molar-refractivity contribution < 1.29 is 19.1 Å². The minimum atomic E-state index is -0.445. The highest BCUT2D eigenvalue weighted by Crippen LogP contribution is 2.36. The molecule has 5 heteroatoms. The number of hydrogen-bond acceptors (Lipinski definition) is 5. The molecule has 0 bridgehead atoms. The number of benzene rings is 1. The maximum absolute atomic E-state index is 11.7. The van der Waals surface area contributed by atoms with E-state index in [4.69, 9.17) is 9.15 Å². The predicted octanol–water partition coefficient (Wildman–Crippen LogP) is 3.20. The van der Waals surface area contributed by atoms with E-state index in [1.807, 2.05) is 31.2 Å². The molecule has 0 radical (unpaired) electrons. The first-order valence-electron chi connectivity index (χ1n) is 6.80. The van der Waals surface area contributed by atoms with E-state index in [1.54, 1.807) is 6.20 Å². The largest absolute Gasteiger partial charge is 0.511 e. The molecule has 1 aromatic heterocycles. The van der Waals surface area contributed by atoms with Gasteiger partial charge in [0.2, 0.25) is 5.89 Å². The van der Waals surface area contributed by atoms with Crippen LogP contribution >= 0.6 is 0 Å². The number of aromatic nitrogens is 1. The van der Waals surface area contributed by atoms with Crippen LogP contribution in [-0.2, 0) is 9.53 Å². The fraction of sp³-hybridized carbons (Fsp3) is 0.250. The molecule has 1 aliphatic rings. The van der Waals surface area contributed by atoms with Crippen molar-refractivity contribution in [2.75, 3.05) is 6.61 Å². The van der Waals surface area contributed by atoms with Gasteiger partial charge < -0.3 is 14.3 Å². The average molecular weight is 285 g/mol. The molecule has 0 fully saturated rings. The zero-order valence-corrected chi connectivity index (χ0v) is 11.6. The Bertz CT molecular complexity index is 688. The molecule has 1 unspecified atom stereocenters. The fourth-order valence-electron chi connectivity index (χ4n) is 2.55. The third-order valence-electron chi connectivity index (χ3n) is 3.62. The lowest BCUT2D eigenvalue weighted by Gasteiger charge is -2.25. The number of aliphatic hydroxyl groups excluding tert-OH is 1. The van der Waals surface area contributed by atoms with E-state index in [1.165, 1.54) is 6.26 Å². The van der Waals surface area contributed by atoms with Crippen molar-refractivity contribution in [3.05, 3.63) is 53.6 Å². The monoisotopic (exact) mass is 285 g/mol. The molecule has 0 saturated heterocycles. The van der Waals surface area contributed by atoms with E-state index in [2.05, 4.69) is 4.98 Å². The molecule has 3 rings (SSSR count). The molecule has 1 atom stereocenters. The van der Waals surface area contributed by atoms with E-state index in [9.17, 15) is 9.90 Å². The molecule has 5 nitrogen and oxygen atoms in total. The summed E-state index contributed by atoms with van der Waals surface area (Å²) in [7, 11) is 0. The molecule has 1 aliphatic heterocycles. The Balaban J connectivity index is 2.10. The Morgan fingerprint density at radius 2 is 2.19 bits per heavy atom. The van der Waals surface area contributed by atoms with Gasteiger partial charge in [0.05, 0.1) is 17.7 Å². The first kappa shape index (κ1) is 13.4. The fourth-order valence-corrected chi connectivity index (χ4v) is 2.55. The summed E-state index contributed by atoms with van der Waals surface area (Å²) in [4.78, 5) is 15.8. The van der Waals surface area contributed by atoms with Crippen molar-refractivity contribution in [3.8, 4) is 11.5 Å². The minimum absolute atomic E-state index is 0.0766. The van der Waals surface area contributed by atoms with E-state index in [-0.39, 0.29) is 18.3 Å². The molecular formula is C16H15NO4. The van der Waals surface area contributed by atoms with E-state index in [0.717, 1.165) is 11.1 Å². The quantitative estimate of drug-likeness (QED) is 0.877. The second kappa shape index (κ2) is 5.44. The molecule has 0 spiro atoms. The Kier molecular flexibility index (Phi) is 3.48. The molecule has 0 aliphatic carbocycles. The normalized spacial score (nSPS) is 18.7. The second-order valence-corrected chi connectivity index (χ2v) is 4.79. The number of hydrogen-bond donors (Lipinski definition) is 1. The molecule has 0 amide bonds. The van der Waals surface area contributed by atoms with Crippen molar-refractivity contribution in [1.29, 1.82) is 0 Å². The van der Waals surface area contributed by atoms with Gasteiger partial charge in [0.25, 0.3) is 0 Å². The third kappa shape index (κ3) is 2.31. The number of carbonyl (C=O) groups is 1. The number of cyclic esters (lactones) is 1. The first-order chi connectivity index (χ1) is 10.2. The maximum atomic E-state index is 11.7. The highest BCUT2D eigenvalue weighted by atomic mass is 16.5. The first-order valence-corrected chi connectivity index (χ1v) is 6.80. The van der Waals surface area contributed by atoms with Crippen LogP contribution < -0.4 is 0 Å². The Morgan fingerprint density at radius 3 is 2.90 bits per heavy atom. The smallest absolute Gasteiger partial charge is 0.337 e. The van der Waals surface area contributed by atoms with Gasteiger partial charge in [-0.1, -0.05) is 25.1 Å². The van der Waals surface area contributed by atoms with Gasteiger partial charge in [-0.25, -0.2) is 9.78 Å². The van der Waals surface area contributed by atoms with Crippen molar-refractivity contribution in [3.63, 3.8) is 0 Å². The number of esters is 1. The summed E-state index contributed by atoms with van der Waals surface area (Å²) in [6.07, 6.45) is 3.50. The van der Waals surface area contributed by atoms with Gasteiger partial charge in [-0.05, 0) is 18.1 Å². The number of oxazole rings is 1. The van der Waals surface area contributed by atoms with Gasteiger partial charge in [0.15, 0.2) is 0 Å². The van der Waals surface area contributed by atoms with Gasteiger partial charge in [-0.15, -0.1) is 0 Å². The Hall–Kier alpha value is -2.56. The van der Waals surface area contributed by atoms with Crippen LogP contribution in [-0.4, -0.2) is 22.7 Å². The van der Waals surface area contributed by atoms with Gasteiger partial charge in [-0.3, -0.25) is 0 Å². The summed E-state index contributed by atoms with van der Waals surface area (Å²) in [5.74, 6) is -0.276. The highest BCUT2D eigenvalue weighted by Gasteiger charge is 2.31. The van der Waals surface area contributed by atoms with Crippen molar-refractivity contribution in [2.24, 2.45) is 0 Å².